The summed E-state index contributed by atoms with van der Waals surface area (Å²) in [6, 6.07) is 23.6. The number of aryl methyl sites for hydroxylation is 1. The smallest absolute Gasteiger partial charge is 0.251 e. The van der Waals surface area contributed by atoms with Crippen LogP contribution in [0.15, 0.2) is 79.0 Å². The van der Waals surface area contributed by atoms with E-state index in [9.17, 15) is 9.59 Å². The van der Waals surface area contributed by atoms with Crippen LogP contribution in [0.25, 0.3) is 11.3 Å². The Balaban J connectivity index is 1.35. The van der Waals surface area contributed by atoms with Crippen LogP contribution >= 0.6 is 0 Å². The molecule has 0 fully saturated rings. The molecule has 176 valence electrons. The van der Waals surface area contributed by atoms with Crippen molar-refractivity contribution in [3.63, 3.8) is 0 Å². The number of amides is 1. The average molecular weight is 466 g/mol. The molecule has 0 unspecified atom stereocenters. The molecule has 0 bridgehead atoms. The molecule has 35 heavy (non-hydrogen) atoms. The second-order valence-corrected chi connectivity index (χ2v) is 8.73. The van der Waals surface area contributed by atoms with Crippen LogP contribution in [-0.4, -0.2) is 28.3 Å². The van der Waals surface area contributed by atoms with E-state index >= 15 is 0 Å². The van der Waals surface area contributed by atoms with Crippen LogP contribution in [0.3, 0.4) is 0 Å². The Hall–Kier alpha value is -4.03. The van der Waals surface area contributed by atoms with E-state index in [0.717, 1.165) is 52.0 Å². The first-order chi connectivity index (χ1) is 17.2. The summed E-state index contributed by atoms with van der Waals surface area (Å²) in [5.41, 5.74) is 6.78. The third-order valence-electron chi connectivity index (χ3n) is 6.18. The predicted molar refractivity (Wildman–Crippen MR) is 135 cm³/mol. The van der Waals surface area contributed by atoms with Gasteiger partial charge in [-0.2, -0.15) is 0 Å². The number of nitrogens with one attached hydrogen (secondary N) is 2. The highest BCUT2D eigenvalue weighted by molar-refractivity contribution is 6.01. The fourth-order valence-corrected chi connectivity index (χ4v) is 4.56. The van der Waals surface area contributed by atoms with E-state index in [1.54, 1.807) is 6.20 Å². The molecule has 5 rings (SSSR count). The molecular weight excluding hydrogens is 438 g/mol. The van der Waals surface area contributed by atoms with E-state index in [1.807, 2.05) is 60.7 Å². The van der Waals surface area contributed by atoms with Crippen LogP contribution in [0.1, 0.15) is 45.6 Å². The second kappa shape index (κ2) is 10.5. The molecule has 0 spiro atoms. The monoisotopic (exact) mass is 465 g/mol. The number of ketones is 1. The highest BCUT2D eigenvalue weighted by Gasteiger charge is 2.26. The molecule has 1 aliphatic carbocycles. The van der Waals surface area contributed by atoms with Crippen LogP contribution in [0.2, 0.25) is 0 Å². The highest BCUT2D eigenvalue weighted by Crippen LogP contribution is 2.35. The van der Waals surface area contributed by atoms with Crippen molar-refractivity contribution in [2.75, 3.05) is 11.9 Å². The summed E-state index contributed by atoms with van der Waals surface area (Å²) in [6.45, 7) is 0.304. The Kier molecular flexibility index (Phi) is 6.82. The number of aromatic nitrogens is 2. The van der Waals surface area contributed by atoms with Gasteiger partial charge in [-0.25, -0.2) is 4.98 Å². The van der Waals surface area contributed by atoms with Crippen molar-refractivity contribution in [2.24, 2.45) is 0 Å². The summed E-state index contributed by atoms with van der Waals surface area (Å²) in [5.74, 6) is 0.370. The van der Waals surface area contributed by atoms with Gasteiger partial charge in [0.15, 0.2) is 5.78 Å². The number of Topliss-reactive ketones (excluding diaryl/α,β-unsaturated/α-hetero) is 1. The van der Waals surface area contributed by atoms with Crippen molar-refractivity contribution in [1.82, 2.24) is 9.97 Å². The van der Waals surface area contributed by atoms with Crippen molar-refractivity contribution >= 4 is 17.5 Å². The minimum atomic E-state index is -0.268. The summed E-state index contributed by atoms with van der Waals surface area (Å²) in [4.78, 5) is 33.1. The van der Waals surface area contributed by atoms with E-state index in [1.165, 1.54) is 0 Å². The lowest BCUT2D eigenvalue weighted by molar-refractivity contribution is -0.121. The molecule has 2 heterocycles. The number of hydrogen-bond donors (Lipinski definition) is 2. The van der Waals surface area contributed by atoms with Crippen molar-refractivity contribution in [2.45, 2.75) is 32.3 Å². The van der Waals surface area contributed by atoms with Gasteiger partial charge in [-0.05, 0) is 41.7 Å². The zero-order chi connectivity index (χ0) is 24.0. The molecule has 1 aliphatic rings. The molecule has 1 amide bonds. The number of carbonyl (C=O) groups excluding carboxylic acids is 2. The van der Waals surface area contributed by atoms with Crippen LogP contribution in [0, 0.1) is 0 Å². The molecule has 6 nitrogen and oxygen atoms in total. The standard InChI is InChI=1S/C29H27N3O3/c33-25-13-7-12-24-28(25)23(16-20-8-3-1-4-9-20)29(31-24)22-14-15-30-26(17-22)32-27(34)19-35-18-21-10-5-2-6-11-21/h1-6,8-11,14-15,17,31H,7,12-13,16,18-19H2,(H,30,32,34). The van der Waals surface area contributed by atoms with E-state index in [-0.39, 0.29) is 18.3 Å². The maximum absolute atomic E-state index is 12.9. The molecule has 0 saturated heterocycles. The summed E-state index contributed by atoms with van der Waals surface area (Å²) in [6.07, 6.45) is 4.62. The molecule has 0 atom stereocenters. The Morgan fingerprint density at radius 1 is 0.971 bits per heavy atom. The topological polar surface area (TPSA) is 84.1 Å². The predicted octanol–water partition coefficient (Wildman–Crippen LogP) is 5.34. The number of H-pyrrole nitrogens is 1. The molecule has 0 aliphatic heterocycles. The number of rotatable bonds is 8. The first-order valence-electron chi connectivity index (χ1n) is 11.9. The molecule has 4 aromatic rings. The van der Waals surface area contributed by atoms with E-state index < -0.39 is 0 Å². The van der Waals surface area contributed by atoms with Crippen LogP contribution in [0.5, 0.6) is 0 Å². The Morgan fingerprint density at radius 2 is 1.71 bits per heavy atom. The van der Waals surface area contributed by atoms with Crippen LogP contribution < -0.4 is 5.32 Å². The lowest BCUT2D eigenvalue weighted by Crippen LogP contribution is -2.18. The largest absolute Gasteiger partial charge is 0.367 e. The third-order valence-corrected chi connectivity index (χ3v) is 6.18. The van der Waals surface area contributed by atoms with Gasteiger partial charge in [-0.3, -0.25) is 9.59 Å². The number of anilines is 1. The third kappa shape index (κ3) is 5.39. The van der Waals surface area contributed by atoms with Crippen molar-refractivity contribution < 1.29 is 14.3 Å². The second-order valence-electron chi connectivity index (χ2n) is 8.73. The van der Waals surface area contributed by atoms with Gasteiger partial charge >= 0.3 is 0 Å². The molecule has 2 N–H and O–H groups in total. The number of aromatic amines is 1. The summed E-state index contributed by atoms with van der Waals surface area (Å²) in [5, 5.41) is 2.82. The molecule has 6 heteroatoms. The molecule has 0 saturated carbocycles. The fourth-order valence-electron chi connectivity index (χ4n) is 4.56. The van der Waals surface area contributed by atoms with Gasteiger partial charge in [0.25, 0.3) is 5.91 Å². The lowest BCUT2D eigenvalue weighted by atomic mass is 9.90. The van der Waals surface area contributed by atoms with Crippen LogP contribution in [0.4, 0.5) is 5.82 Å². The maximum atomic E-state index is 12.9. The minimum Gasteiger partial charge on any atom is -0.367 e. The van der Waals surface area contributed by atoms with E-state index in [4.69, 9.17) is 4.74 Å². The fraction of sp³-hybridized carbons (Fsp3) is 0.207. The number of nitrogens with zero attached hydrogens (tertiary/aromatic N) is 1. The molecule has 2 aromatic heterocycles. The van der Waals surface area contributed by atoms with E-state index in [2.05, 4.69) is 27.4 Å². The SMILES string of the molecule is O=C(COCc1ccccc1)Nc1cc(-c2[nH]c3c(c2Cc2ccccc2)C(=O)CCC3)ccn1. The quantitative estimate of drug-likeness (QED) is 0.368. The van der Waals surface area contributed by atoms with Gasteiger partial charge in [0.2, 0.25) is 0 Å². The van der Waals surface area contributed by atoms with Crippen molar-refractivity contribution in [3.05, 3.63) is 107 Å². The minimum absolute atomic E-state index is 0.0641. The number of pyridine rings is 1. The van der Waals surface area contributed by atoms with Gasteiger partial charge in [0.05, 0.1) is 12.3 Å². The first-order valence-corrected chi connectivity index (χ1v) is 11.9. The maximum Gasteiger partial charge on any atom is 0.251 e. The number of carbonyl (C=O) groups is 2. The highest BCUT2D eigenvalue weighted by atomic mass is 16.5. The Bertz CT molecular complexity index is 1330. The van der Waals surface area contributed by atoms with Gasteiger partial charge < -0.3 is 15.0 Å². The van der Waals surface area contributed by atoms with E-state index in [0.29, 0.717) is 25.3 Å². The number of ether oxygens (including phenoxy) is 1. The molecular formula is C29H27N3O3. The number of benzene rings is 2. The Labute approximate surface area is 204 Å². The van der Waals surface area contributed by atoms with Gasteiger partial charge in [0, 0.05) is 35.9 Å². The van der Waals surface area contributed by atoms with Gasteiger partial charge in [-0.1, -0.05) is 60.7 Å². The number of fused-ring (bicyclic) bond motifs is 1. The normalized spacial score (nSPS) is 12.9. The summed E-state index contributed by atoms with van der Waals surface area (Å²) in [7, 11) is 0. The zero-order valence-electron chi connectivity index (χ0n) is 19.4. The number of hydrogen-bond acceptors (Lipinski definition) is 4. The van der Waals surface area contributed by atoms with Gasteiger partial charge in [-0.15, -0.1) is 0 Å². The molecule has 2 aromatic carbocycles. The van der Waals surface area contributed by atoms with Gasteiger partial charge in [0.1, 0.15) is 12.4 Å². The zero-order valence-corrected chi connectivity index (χ0v) is 19.4. The summed E-state index contributed by atoms with van der Waals surface area (Å²) >= 11 is 0. The first kappa shape index (κ1) is 22.7. The van der Waals surface area contributed by atoms with Crippen molar-refractivity contribution in [3.8, 4) is 11.3 Å². The van der Waals surface area contributed by atoms with Crippen molar-refractivity contribution in [1.29, 1.82) is 0 Å². The summed E-state index contributed by atoms with van der Waals surface area (Å²) < 4.78 is 5.54. The Morgan fingerprint density at radius 3 is 2.49 bits per heavy atom. The average Bonchev–Trinajstić information content (AvgIpc) is 3.25. The lowest BCUT2D eigenvalue weighted by Gasteiger charge is -2.12. The van der Waals surface area contributed by atoms with Crippen LogP contribution in [-0.2, 0) is 29.0 Å². The molecule has 0 radical (unpaired) electrons.